The first-order chi connectivity index (χ1) is 10.4. The third kappa shape index (κ3) is 6.08. The molecule has 7 heteroatoms. The summed E-state index contributed by atoms with van der Waals surface area (Å²) in [5.74, 6) is -1.71. The maximum absolute atomic E-state index is 11.5. The molecule has 0 radical (unpaired) electrons. The van der Waals surface area contributed by atoms with Crippen molar-refractivity contribution >= 4 is 17.8 Å². The molecule has 7 nitrogen and oxygen atoms in total. The van der Waals surface area contributed by atoms with Gasteiger partial charge in [-0.25, -0.2) is 4.79 Å². The summed E-state index contributed by atoms with van der Waals surface area (Å²) in [5.41, 5.74) is 5.14. The minimum atomic E-state index is -1.25. The lowest BCUT2D eigenvalue weighted by atomic mass is 10.0. The molecule has 1 aromatic carbocycles. The minimum Gasteiger partial charge on any atom is -0.483 e. The topological polar surface area (TPSA) is 105 Å². The smallest absolute Gasteiger partial charge is 0.328 e. The SMILES string of the molecule is CC(C)c1ccccc1OCC(=O)NNC(=O)C=CC(=O)O. The molecule has 0 spiro atoms. The lowest BCUT2D eigenvalue weighted by Crippen LogP contribution is -2.43. The van der Waals surface area contributed by atoms with Crippen molar-refractivity contribution in [2.24, 2.45) is 0 Å². The normalized spacial score (nSPS) is 10.5. The molecule has 22 heavy (non-hydrogen) atoms. The molecule has 0 aromatic heterocycles. The minimum absolute atomic E-state index is 0.250. The Morgan fingerprint density at radius 2 is 1.86 bits per heavy atom. The molecule has 0 saturated carbocycles. The molecule has 118 valence electrons. The van der Waals surface area contributed by atoms with Gasteiger partial charge in [-0.2, -0.15) is 0 Å². The molecular weight excluding hydrogens is 288 g/mol. The number of hydrogen-bond acceptors (Lipinski definition) is 4. The molecule has 0 fully saturated rings. The molecule has 1 rings (SSSR count). The van der Waals surface area contributed by atoms with Gasteiger partial charge in [0, 0.05) is 12.2 Å². The van der Waals surface area contributed by atoms with Gasteiger partial charge < -0.3 is 9.84 Å². The number of hydrogen-bond donors (Lipinski definition) is 3. The number of carboxylic acids is 1. The van der Waals surface area contributed by atoms with Gasteiger partial charge >= 0.3 is 5.97 Å². The van der Waals surface area contributed by atoms with E-state index in [1.807, 2.05) is 31.4 Å². The van der Waals surface area contributed by atoms with Crippen LogP contribution in [0.25, 0.3) is 0 Å². The van der Waals surface area contributed by atoms with Crippen LogP contribution in [-0.2, 0) is 14.4 Å². The zero-order chi connectivity index (χ0) is 16.5. The van der Waals surface area contributed by atoms with Crippen molar-refractivity contribution in [1.82, 2.24) is 10.9 Å². The number of amides is 2. The Bertz CT molecular complexity index is 581. The van der Waals surface area contributed by atoms with E-state index in [1.54, 1.807) is 12.1 Å². The monoisotopic (exact) mass is 306 g/mol. The number of para-hydroxylation sites is 1. The van der Waals surface area contributed by atoms with Crippen LogP contribution in [0.4, 0.5) is 0 Å². The van der Waals surface area contributed by atoms with Crippen LogP contribution in [0.2, 0.25) is 0 Å². The van der Waals surface area contributed by atoms with Crippen LogP contribution in [0.15, 0.2) is 36.4 Å². The number of benzene rings is 1. The average Bonchev–Trinajstić information content (AvgIpc) is 2.48. The summed E-state index contributed by atoms with van der Waals surface area (Å²) >= 11 is 0. The van der Waals surface area contributed by atoms with E-state index in [9.17, 15) is 14.4 Å². The number of rotatable bonds is 6. The lowest BCUT2D eigenvalue weighted by molar-refractivity contribution is -0.131. The van der Waals surface area contributed by atoms with Crippen LogP contribution in [-0.4, -0.2) is 29.5 Å². The van der Waals surface area contributed by atoms with Crippen LogP contribution < -0.4 is 15.6 Å². The van der Waals surface area contributed by atoms with Crippen LogP contribution in [0.3, 0.4) is 0 Å². The zero-order valence-corrected chi connectivity index (χ0v) is 12.3. The van der Waals surface area contributed by atoms with Gasteiger partial charge in [-0.15, -0.1) is 0 Å². The number of carbonyl (C=O) groups is 3. The number of carbonyl (C=O) groups excluding carboxylic acids is 2. The molecule has 0 saturated heterocycles. The standard InChI is InChI=1S/C15H18N2O5/c1-10(2)11-5-3-4-6-12(11)22-9-14(19)17-16-13(18)7-8-15(20)21/h3-8,10H,9H2,1-2H3,(H,16,18)(H,17,19)(H,20,21). The average molecular weight is 306 g/mol. The van der Waals surface area contributed by atoms with Crippen molar-refractivity contribution in [3.05, 3.63) is 42.0 Å². The van der Waals surface area contributed by atoms with Gasteiger partial charge in [0.25, 0.3) is 11.8 Å². The Balaban J connectivity index is 2.44. The highest BCUT2D eigenvalue weighted by atomic mass is 16.5. The second kappa shape index (κ2) is 8.46. The highest BCUT2D eigenvalue weighted by Gasteiger charge is 2.09. The molecule has 2 amide bonds. The summed E-state index contributed by atoms with van der Waals surface area (Å²) in [4.78, 5) is 32.9. The first kappa shape index (κ1) is 17.2. The Labute approximate surface area is 127 Å². The van der Waals surface area contributed by atoms with Gasteiger partial charge in [0.05, 0.1) is 0 Å². The highest BCUT2D eigenvalue weighted by Crippen LogP contribution is 2.25. The predicted molar refractivity (Wildman–Crippen MR) is 79.1 cm³/mol. The van der Waals surface area contributed by atoms with E-state index in [2.05, 4.69) is 5.43 Å². The zero-order valence-electron chi connectivity index (χ0n) is 12.3. The Morgan fingerprint density at radius 3 is 2.50 bits per heavy atom. The van der Waals surface area contributed by atoms with Crippen LogP contribution >= 0.6 is 0 Å². The van der Waals surface area contributed by atoms with Crippen molar-refractivity contribution in [3.63, 3.8) is 0 Å². The van der Waals surface area contributed by atoms with E-state index in [-0.39, 0.29) is 12.5 Å². The molecular formula is C15H18N2O5. The summed E-state index contributed by atoms with van der Waals surface area (Å²) in [7, 11) is 0. The second-order valence-corrected chi connectivity index (χ2v) is 4.69. The summed E-state index contributed by atoms with van der Waals surface area (Å²) in [5, 5.41) is 8.35. The molecule has 1 aromatic rings. The predicted octanol–water partition coefficient (Wildman–Crippen LogP) is 0.977. The number of aliphatic carboxylic acids is 1. The Hall–Kier alpha value is -2.83. The fourth-order valence-electron chi connectivity index (χ4n) is 1.59. The number of nitrogens with one attached hydrogen (secondary N) is 2. The third-order valence-corrected chi connectivity index (χ3v) is 2.60. The number of hydrazine groups is 1. The number of carboxylic acid groups (broad SMARTS) is 1. The van der Waals surface area contributed by atoms with Gasteiger partial charge in [0.2, 0.25) is 0 Å². The second-order valence-electron chi connectivity index (χ2n) is 4.69. The summed E-state index contributed by atoms with van der Waals surface area (Å²) in [6.07, 6.45) is 1.45. The van der Waals surface area contributed by atoms with Crippen molar-refractivity contribution in [2.45, 2.75) is 19.8 Å². The van der Waals surface area contributed by atoms with Crippen LogP contribution in [0, 0.1) is 0 Å². The molecule has 0 unspecified atom stereocenters. The van der Waals surface area contributed by atoms with E-state index in [4.69, 9.17) is 9.84 Å². The molecule has 0 aliphatic carbocycles. The maximum atomic E-state index is 11.5. The highest BCUT2D eigenvalue weighted by molar-refractivity contribution is 5.94. The third-order valence-electron chi connectivity index (χ3n) is 2.60. The van der Waals surface area contributed by atoms with Crippen molar-refractivity contribution in [1.29, 1.82) is 0 Å². The van der Waals surface area contributed by atoms with Gasteiger partial charge in [-0.1, -0.05) is 32.0 Å². The van der Waals surface area contributed by atoms with E-state index in [0.29, 0.717) is 11.8 Å². The lowest BCUT2D eigenvalue weighted by Gasteiger charge is -2.13. The van der Waals surface area contributed by atoms with Gasteiger partial charge in [0.15, 0.2) is 6.61 Å². The summed E-state index contributed by atoms with van der Waals surface area (Å²) < 4.78 is 5.42. The maximum Gasteiger partial charge on any atom is 0.328 e. The summed E-state index contributed by atoms with van der Waals surface area (Å²) in [6, 6.07) is 7.36. The molecule has 0 bridgehead atoms. The van der Waals surface area contributed by atoms with Gasteiger partial charge in [-0.05, 0) is 17.5 Å². The Morgan fingerprint density at radius 1 is 1.18 bits per heavy atom. The first-order valence-corrected chi connectivity index (χ1v) is 6.61. The fraction of sp³-hybridized carbons (Fsp3) is 0.267. The summed E-state index contributed by atoms with van der Waals surface area (Å²) in [6.45, 7) is 3.75. The first-order valence-electron chi connectivity index (χ1n) is 6.61. The fourth-order valence-corrected chi connectivity index (χ4v) is 1.59. The molecule has 0 aliphatic rings. The van der Waals surface area contributed by atoms with Gasteiger partial charge in [0.1, 0.15) is 5.75 Å². The largest absolute Gasteiger partial charge is 0.483 e. The van der Waals surface area contributed by atoms with Crippen LogP contribution in [0.5, 0.6) is 5.75 Å². The van der Waals surface area contributed by atoms with Gasteiger partial charge in [-0.3, -0.25) is 20.4 Å². The molecule has 0 heterocycles. The van der Waals surface area contributed by atoms with E-state index < -0.39 is 17.8 Å². The van der Waals surface area contributed by atoms with Crippen molar-refractivity contribution in [3.8, 4) is 5.75 Å². The van der Waals surface area contributed by atoms with E-state index in [0.717, 1.165) is 11.6 Å². The van der Waals surface area contributed by atoms with E-state index in [1.165, 1.54) is 0 Å². The van der Waals surface area contributed by atoms with Crippen molar-refractivity contribution < 1.29 is 24.2 Å². The Kier molecular flexibility index (Phi) is 6.62. The number of ether oxygens (including phenoxy) is 1. The molecule has 0 atom stereocenters. The molecule has 3 N–H and O–H groups in total. The van der Waals surface area contributed by atoms with Crippen molar-refractivity contribution in [2.75, 3.05) is 6.61 Å². The van der Waals surface area contributed by atoms with Crippen LogP contribution in [0.1, 0.15) is 25.3 Å². The molecule has 0 aliphatic heterocycles. The van der Waals surface area contributed by atoms with E-state index >= 15 is 0 Å². The quantitative estimate of drug-likeness (QED) is 0.537.